The van der Waals surface area contributed by atoms with E-state index in [9.17, 15) is 0 Å². The third-order valence-corrected chi connectivity index (χ3v) is 0.568. The average molecular weight is 132 g/mol. The van der Waals surface area contributed by atoms with E-state index in [-0.39, 0.29) is 0 Å². The van der Waals surface area contributed by atoms with Crippen LogP contribution in [-0.2, 0) is 0 Å². The first-order valence-corrected chi connectivity index (χ1v) is 2.49. The summed E-state index contributed by atoms with van der Waals surface area (Å²) in [5.41, 5.74) is 0. The zero-order valence-electron chi connectivity index (χ0n) is 4.86. The lowest BCUT2D eigenvalue weighted by Gasteiger charge is -1.75. The smallest absolute Gasteiger partial charge is 0.402 e. The molecule has 0 amide bonds. The Labute approximate surface area is 53.2 Å². The highest BCUT2D eigenvalue weighted by Gasteiger charge is 1.92. The molecule has 1 heterocycles. The van der Waals surface area contributed by atoms with Crippen LogP contribution in [0.3, 0.4) is 0 Å². The van der Waals surface area contributed by atoms with Gasteiger partial charge in [-0.1, -0.05) is 0 Å². The van der Waals surface area contributed by atoms with E-state index in [1.54, 1.807) is 6.34 Å². The van der Waals surface area contributed by atoms with Gasteiger partial charge in [-0.25, -0.2) is 0 Å². The van der Waals surface area contributed by atoms with Crippen molar-refractivity contribution < 1.29 is 15.1 Å². The van der Waals surface area contributed by atoms with Gasteiger partial charge >= 0.3 is 7.32 Å². The van der Waals surface area contributed by atoms with Crippen LogP contribution in [0, 0.1) is 0 Å². The molecule has 1 rings (SSSR count). The number of nitrogens with one attached hydrogen (secondary N) is 1. The lowest BCUT2D eigenvalue weighted by Crippen LogP contribution is -2.07. The van der Waals surface area contributed by atoms with Gasteiger partial charge in [0.25, 0.3) is 0 Å². The average Bonchev–Trinajstić information content (AvgIpc) is 2.11. The highest BCUT2D eigenvalue weighted by atomic mass is 16.5. The predicted molar refractivity (Wildman–Crippen MR) is 33.8 cm³/mol. The molecule has 0 aliphatic carbocycles. The van der Waals surface area contributed by atoms with Gasteiger partial charge in [0.05, 0.1) is 12.9 Å². The Kier molecular flexibility index (Phi) is 5.19. The Bertz CT molecular complexity index is 78.4. The Morgan fingerprint density at radius 1 is 1.44 bits per heavy atom. The van der Waals surface area contributed by atoms with Crippen LogP contribution in [0.25, 0.3) is 0 Å². The first-order chi connectivity index (χ1) is 4.23. The lowest BCUT2D eigenvalue weighted by molar-refractivity contribution is 0.278. The van der Waals surface area contributed by atoms with E-state index in [4.69, 9.17) is 15.1 Å². The minimum Gasteiger partial charge on any atom is -0.402 e. The number of hydrogen-bond acceptors (Lipinski definition) is 5. The van der Waals surface area contributed by atoms with Crippen LogP contribution in [-0.4, -0.2) is 41.8 Å². The van der Waals surface area contributed by atoms with E-state index in [0.717, 1.165) is 13.1 Å². The van der Waals surface area contributed by atoms with Gasteiger partial charge in [-0.05, 0) is 0 Å². The molecule has 9 heavy (non-hydrogen) atoms. The molecular formula is C3H9BN2O3. The normalized spacial score (nSPS) is 13.7. The van der Waals surface area contributed by atoms with Crippen molar-refractivity contribution in [3.8, 4) is 0 Å². The van der Waals surface area contributed by atoms with Gasteiger partial charge in [0, 0.05) is 6.54 Å². The molecule has 0 unspecified atom stereocenters. The Balaban J connectivity index is 0.000000148. The summed E-state index contributed by atoms with van der Waals surface area (Å²) in [7, 11) is -2.17. The van der Waals surface area contributed by atoms with Crippen molar-refractivity contribution >= 4 is 13.7 Å². The Hall–Kier alpha value is -0.585. The molecule has 0 saturated heterocycles. The van der Waals surface area contributed by atoms with Crippen LogP contribution in [0.15, 0.2) is 4.99 Å². The second kappa shape index (κ2) is 5.55. The molecule has 0 spiro atoms. The number of aliphatic imine (C=N–C) groups is 1. The van der Waals surface area contributed by atoms with E-state index in [1.165, 1.54) is 0 Å². The predicted octanol–water partition coefficient (Wildman–Crippen LogP) is -2.43. The topological polar surface area (TPSA) is 85.1 Å². The molecule has 0 atom stereocenters. The van der Waals surface area contributed by atoms with Gasteiger partial charge in [0.2, 0.25) is 0 Å². The van der Waals surface area contributed by atoms with Gasteiger partial charge in [0.1, 0.15) is 0 Å². The minimum absolute atomic E-state index is 0.958. The summed E-state index contributed by atoms with van der Waals surface area (Å²) in [5, 5.41) is 24.4. The van der Waals surface area contributed by atoms with Gasteiger partial charge in [0.15, 0.2) is 0 Å². The lowest BCUT2D eigenvalue weighted by atomic mass is 10.3. The van der Waals surface area contributed by atoms with Gasteiger partial charge in [-0.3, -0.25) is 4.99 Å². The fourth-order valence-corrected chi connectivity index (χ4v) is 0.323. The molecule has 0 aromatic rings. The second-order valence-corrected chi connectivity index (χ2v) is 1.34. The molecule has 1 aliphatic heterocycles. The van der Waals surface area contributed by atoms with Crippen LogP contribution in [0.4, 0.5) is 0 Å². The van der Waals surface area contributed by atoms with Crippen LogP contribution in [0.2, 0.25) is 0 Å². The van der Waals surface area contributed by atoms with Crippen molar-refractivity contribution in [3.63, 3.8) is 0 Å². The summed E-state index contributed by atoms with van der Waals surface area (Å²) < 4.78 is 0. The van der Waals surface area contributed by atoms with Crippen LogP contribution in [0.5, 0.6) is 0 Å². The first-order valence-electron chi connectivity index (χ1n) is 2.49. The molecule has 1 aliphatic rings. The summed E-state index contributed by atoms with van der Waals surface area (Å²) >= 11 is 0. The summed E-state index contributed by atoms with van der Waals surface area (Å²) in [5.74, 6) is 0. The highest BCUT2D eigenvalue weighted by Crippen LogP contribution is 1.68. The first kappa shape index (κ1) is 8.41. The van der Waals surface area contributed by atoms with E-state index in [0.29, 0.717) is 0 Å². The van der Waals surface area contributed by atoms with E-state index < -0.39 is 7.32 Å². The number of hydrogen-bond donors (Lipinski definition) is 4. The standard InChI is InChI=1S/C3H6N2.BH3O3/c1-2-5-3-4-1;2-1(3)4/h3H,1-2H2,(H,4,5);2-4H. The summed E-state index contributed by atoms with van der Waals surface area (Å²) in [6.07, 6.45) is 1.74. The maximum atomic E-state index is 7.17. The molecule has 6 heteroatoms. The van der Waals surface area contributed by atoms with Crippen molar-refractivity contribution in [2.45, 2.75) is 0 Å². The molecule has 52 valence electrons. The maximum Gasteiger partial charge on any atom is 0.631 e. The minimum atomic E-state index is -2.17. The van der Waals surface area contributed by atoms with Gasteiger partial charge in [-0.15, -0.1) is 0 Å². The fraction of sp³-hybridized carbons (Fsp3) is 0.667. The van der Waals surface area contributed by atoms with Crippen molar-refractivity contribution in [3.05, 3.63) is 0 Å². The van der Waals surface area contributed by atoms with Crippen LogP contribution >= 0.6 is 0 Å². The third-order valence-electron chi connectivity index (χ3n) is 0.568. The SMILES string of the molecule is C1=NCCN1.OB(O)O. The quantitative estimate of drug-likeness (QED) is 0.276. The second-order valence-electron chi connectivity index (χ2n) is 1.34. The van der Waals surface area contributed by atoms with Crippen molar-refractivity contribution in [1.82, 2.24) is 5.32 Å². The molecular weight excluding hydrogens is 123 g/mol. The van der Waals surface area contributed by atoms with Crippen molar-refractivity contribution in [2.24, 2.45) is 4.99 Å². The van der Waals surface area contributed by atoms with E-state index in [2.05, 4.69) is 10.3 Å². The van der Waals surface area contributed by atoms with Crippen molar-refractivity contribution in [2.75, 3.05) is 13.1 Å². The van der Waals surface area contributed by atoms with Crippen LogP contribution in [0.1, 0.15) is 0 Å². The fourth-order valence-electron chi connectivity index (χ4n) is 0.323. The molecule has 0 radical (unpaired) electrons. The molecule has 5 nitrogen and oxygen atoms in total. The summed E-state index contributed by atoms with van der Waals surface area (Å²) in [4.78, 5) is 3.85. The Morgan fingerprint density at radius 2 is 2.00 bits per heavy atom. The molecule has 0 saturated carbocycles. The van der Waals surface area contributed by atoms with Crippen molar-refractivity contribution in [1.29, 1.82) is 0 Å². The molecule has 0 bridgehead atoms. The molecule has 0 fully saturated rings. The summed E-state index contributed by atoms with van der Waals surface area (Å²) in [6, 6.07) is 0. The van der Waals surface area contributed by atoms with E-state index >= 15 is 0 Å². The van der Waals surface area contributed by atoms with Gasteiger partial charge in [-0.2, -0.15) is 0 Å². The van der Waals surface area contributed by atoms with Crippen LogP contribution < -0.4 is 5.32 Å². The molecule has 0 aromatic carbocycles. The van der Waals surface area contributed by atoms with Gasteiger partial charge < -0.3 is 20.4 Å². The highest BCUT2D eigenvalue weighted by molar-refractivity contribution is 6.30. The third kappa shape index (κ3) is 11.2. The number of rotatable bonds is 0. The largest absolute Gasteiger partial charge is 0.631 e. The zero-order valence-corrected chi connectivity index (χ0v) is 4.86. The Morgan fingerprint density at radius 3 is 2.11 bits per heavy atom. The molecule has 4 N–H and O–H groups in total. The maximum absolute atomic E-state index is 7.17. The monoisotopic (exact) mass is 132 g/mol. The van der Waals surface area contributed by atoms with E-state index in [1.807, 2.05) is 0 Å². The summed E-state index contributed by atoms with van der Waals surface area (Å²) in [6.45, 7) is 1.99. The molecule has 0 aromatic heterocycles. The zero-order chi connectivity index (χ0) is 7.11. The number of nitrogens with zero attached hydrogens (tertiary/aromatic N) is 1.